The second-order valence-corrected chi connectivity index (χ2v) is 9.74. The average molecular weight is 431 g/mol. The predicted octanol–water partition coefficient (Wildman–Crippen LogP) is 9.63. The molecule has 8 aromatic carbocycles. The third kappa shape index (κ3) is 2.28. The lowest BCUT2D eigenvalue weighted by atomic mass is 9.82. The predicted molar refractivity (Wildman–Crippen MR) is 148 cm³/mol. The molecule has 0 aromatic heterocycles. The normalized spacial score (nSPS) is 12.5. The fourth-order valence-corrected chi connectivity index (χ4v) is 6.44. The van der Waals surface area contributed by atoms with Crippen LogP contribution in [0.3, 0.4) is 0 Å². The van der Waals surface area contributed by atoms with E-state index in [4.69, 9.17) is 0 Å². The molecule has 0 aliphatic rings. The summed E-state index contributed by atoms with van der Waals surface area (Å²) in [6, 6.07) is 40.9. The fourth-order valence-electron chi connectivity index (χ4n) is 6.44. The Balaban J connectivity index is 1.44. The minimum absolute atomic E-state index is 0.286. The molecule has 0 atom stereocenters. The molecule has 158 valence electrons. The van der Waals surface area contributed by atoms with E-state index >= 15 is 0 Å². The maximum absolute atomic E-state index is 2.37. The Hall–Kier alpha value is -4.16. The molecule has 8 aromatic rings. The van der Waals surface area contributed by atoms with Crippen LogP contribution in [0.2, 0.25) is 0 Å². The quantitative estimate of drug-likeness (QED) is 0.239. The fraction of sp³-hybridized carbons (Fsp3) is 0.0588. The van der Waals surface area contributed by atoms with Crippen LogP contribution in [0.4, 0.5) is 0 Å². The minimum atomic E-state index is 0.286. The highest BCUT2D eigenvalue weighted by molar-refractivity contribution is 6.25. The van der Waals surface area contributed by atoms with E-state index in [-0.39, 0.29) is 5.92 Å². The van der Waals surface area contributed by atoms with Gasteiger partial charge in [0.25, 0.3) is 0 Å². The molecule has 8 rings (SSSR count). The molecule has 0 saturated heterocycles. The van der Waals surface area contributed by atoms with E-state index in [0.717, 1.165) is 0 Å². The van der Waals surface area contributed by atoms with Crippen LogP contribution in [0.1, 0.15) is 24.0 Å². The zero-order valence-electron chi connectivity index (χ0n) is 19.0. The van der Waals surface area contributed by atoms with Gasteiger partial charge in [0.05, 0.1) is 0 Å². The van der Waals surface area contributed by atoms with Crippen LogP contribution in [0.5, 0.6) is 0 Å². The van der Waals surface area contributed by atoms with Gasteiger partial charge in [0.2, 0.25) is 0 Å². The van der Waals surface area contributed by atoms with Gasteiger partial charge in [-0.05, 0) is 75.8 Å². The van der Waals surface area contributed by atoms with E-state index in [9.17, 15) is 0 Å². The zero-order valence-corrected chi connectivity index (χ0v) is 19.0. The standard InChI is InChI=1S/C34H22/c1-20(27-16-12-25-10-8-21-4-2-6-23-14-18-29(27)33(25)31(21)23)28-17-13-26-11-9-22-5-3-7-24-15-19-30(28)34(26)32(22)24/h2-20H,1H3. The van der Waals surface area contributed by atoms with Crippen LogP contribution < -0.4 is 0 Å². The third-order valence-electron chi connectivity index (χ3n) is 8.06. The summed E-state index contributed by atoms with van der Waals surface area (Å²) < 4.78 is 0. The highest BCUT2D eigenvalue weighted by Gasteiger charge is 2.19. The lowest BCUT2D eigenvalue weighted by Gasteiger charge is -2.21. The summed E-state index contributed by atoms with van der Waals surface area (Å²) in [5, 5.41) is 16.3. The van der Waals surface area contributed by atoms with Crippen molar-refractivity contribution in [1.29, 1.82) is 0 Å². The summed E-state index contributed by atoms with van der Waals surface area (Å²) in [6.07, 6.45) is 0. The van der Waals surface area contributed by atoms with Gasteiger partial charge in [-0.3, -0.25) is 0 Å². The summed E-state index contributed by atoms with van der Waals surface area (Å²) in [5.74, 6) is 0.286. The van der Waals surface area contributed by atoms with E-state index in [1.807, 2.05) is 0 Å². The number of rotatable bonds is 2. The Labute approximate surface area is 197 Å². The maximum Gasteiger partial charge on any atom is 0.00733 e. The Kier molecular flexibility index (Phi) is 3.47. The van der Waals surface area contributed by atoms with Crippen LogP contribution >= 0.6 is 0 Å². The Bertz CT molecular complexity index is 1850. The molecule has 0 saturated carbocycles. The van der Waals surface area contributed by atoms with Gasteiger partial charge in [0, 0.05) is 5.92 Å². The van der Waals surface area contributed by atoms with Crippen molar-refractivity contribution in [1.82, 2.24) is 0 Å². The van der Waals surface area contributed by atoms with Gasteiger partial charge >= 0.3 is 0 Å². The lowest BCUT2D eigenvalue weighted by Crippen LogP contribution is -2.00. The smallest absolute Gasteiger partial charge is 0.00733 e. The molecule has 0 nitrogen and oxygen atoms in total. The van der Waals surface area contributed by atoms with E-state index in [1.165, 1.54) is 75.8 Å². The summed E-state index contributed by atoms with van der Waals surface area (Å²) in [7, 11) is 0. The van der Waals surface area contributed by atoms with Crippen molar-refractivity contribution in [2.24, 2.45) is 0 Å². The Morgan fingerprint density at radius 1 is 0.353 bits per heavy atom. The number of hydrogen-bond donors (Lipinski definition) is 0. The molecule has 0 heteroatoms. The minimum Gasteiger partial charge on any atom is -0.0610 e. The summed E-state index contributed by atoms with van der Waals surface area (Å²) in [5.41, 5.74) is 2.81. The Morgan fingerprint density at radius 3 is 1.09 bits per heavy atom. The molecule has 0 aliphatic heterocycles. The molecule has 0 heterocycles. The van der Waals surface area contributed by atoms with E-state index in [0.29, 0.717) is 0 Å². The molecule has 0 bridgehead atoms. The van der Waals surface area contributed by atoms with Gasteiger partial charge in [0.15, 0.2) is 0 Å². The van der Waals surface area contributed by atoms with Gasteiger partial charge in [-0.25, -0.2) is 0 Å². The average Bonchev–Trinajstić information content (AvgIpc) is 2.90. The SMILES string of the molecule is CC(c1ccc2ccc3cccc4ccc1c2c34)c1ccc2ccc3cccc4ccc1c2c34. The molecule has 0 unspecified atom stereocenters. The summed E-state index contributed by atoms with van der Waals surface area (Å²) in [4.78, 5) is 0. The molecular formula is C34H22. The lowest BCUT2D eigenvalue weighted by molar-refractivity contribution is 0.945. The second-order valence-electron chi connectivity index (χ2n) is 9.74. The number of benzene rings is 8. The van der Waals surface area contributed by atoms with Crippen LogP contribution in [-0.2, 0) is 0 Å². The maximum atomic E-state index is 2.37. The molecule has 34 heavy (non-hydrogen) atoms. The van der Waals surface area contributed by atoms with Crippen molar-refractivity contribution < 1.29 is 0 Å². The molecule has 0 aliphatic carbocycles. The molecule has 0 spiro atoms. The van der Waals surface area contributed by atoms with Crippen molar-refractivity contribution in [2.45, 2.75) is 12.8 Å². The van der Waals surface area contributed by atoms with Crippen molar-refractivity contribution in [3.63, 3.8) is 0 Å². The van der Waals surface area contributed by atoms with E-state index in [2.05, 4.69) is 116 Å². The van der Waals surface area contributed by atoms with Crippen molar-refractivity contribution in [3.8, 4) is 0 Å². The van der Waals surface area contributed by atoms with Crippen molar-refractivity contribution in [2.75, 3.05) is 0 Å². The van der Waals surface area contributed by atoms with Gasteiger partial charge in [-0.15, -0.1) is 0 Å². The summed E-state index contributed by atoms with van der Waals surface area (Å²) in [6.45, 7) is 2.37. The highest BCUT2D eigenvalue weighted by Crippen LogP contribution is 2.43. The van der Waals surface area contributed by atoms with Crippen LogP contribution in [0, 0.1) is 0 Å². The monoisotopic (exact) mass is 430 g/mol. The number of hydrogen-bond acceptors (Lipinski definition) is 0. The first kappa shape index (κ1) is 18.3. The van der Waals surface area contributed by atoms with Crippen LogP contribution in [-0.4, -0.2) is 0 Å². The van der Waals surface area contributed by atoms with Crippen molar-refractivity contribution in [3.05, 3.63) is 120 Å². The largest absolute Gasteiger partial charge is 0.0610 e. The van der Waals surface area contributed by atoms with E-state index in [1.54, 1.807) is 0 Å². The van der Waals surface area contributed by atoms with E-state index < -0.39 is 0 Å². The highest BCUT2D eigenvalue weighted by atomic mass is 14.2. The van der Waals surface area contributed by atoms with Crippen LogP contribution in [0.25, 0.3) is 64.6 Å². The van der Waals surface area contributed by atoms with Crippen LogP contribution in [0.15, 0.2) is 109 Å². The first-order chi connectivity index (χ1) is 16.8. The Morgan fingerprint density at radius 2 is 0.676 bits per heavy atom. The molecule has 0 radical (unpaired) electrons. The first-order valence-electron chi connectivity index (χ1n) is 12.1. The first-order valence-corrected chi connectivity index (χ1v) is 12.1. The molecule has 0 fully saturated rings. The molecular weight excluding hydrogens is 408 g/mol. The second kappa shape index (κ2) is 6.46. The zero-order chi connectivity index (χ0) is 22.4. The van der Waals surface area contributed by atoms with Gasteiger partial charge < -0.3 is 0 Å². The molecule has 0 amide bonds. The third-order valence-corrected chi connectivity index (χ3v) is 8.06. The van der Waals surface area contributed by atoms with Gasteiger partial charge in [0.1, 0.15) is 0 Å². The molecule has 0 N–H and O–H groups in total. The van der Waals surface area contributed by atoms with Gasteiger partial charge in [-0.2, -0.15) is 0 Å². The van der Waals surface area contributed by atoms with Gasteiger partial charge in [-0.1, -0.05) is 116 Å². The van der Waals surface area contributed by atoms with Crippen molar-refractivity contribution >= 4 is 64.6 Å². The topological polar surface area (TPSA) is 0 Å². The summed E-state index contributed by atoms with van der Waals surface area (Å²) >= 11 is 0.